The van der Waals surface area contributed by atoms with Gasteiger partial charge in [0.15, 0.2) is 11.5 Å². The van der Waals surface area contributed by atoms with E-state index < -0.39 is 11.1 Å². The maximum Gasteiger partial charge on any atom is 0.294 e. The number of imide groups is 1. The van der Waals surface area contributed by atoms with Gasteiger partial charge in [0.05, 0.1) is 26.2 Å². The first kappa shape index (κ1) is 21.0. The summed E-state index contributed by atoms with van der Waals surface area (Å²) in [6, 6.07) is 3.41. The summed E-state index contributed by atoms with van der Waals surface area (Å²) < 4.78 is 16.0. The van der Waals surface area contributed by atoms with Crippen LogP contribution in [0.5, 0.6) is 17.2 Å². The Bertz CT molecular complexity index is 848. The molecule has 0 atom stereocenters. The number of amides is 3. The number of hydrogen-bond donors (Lipinski definition) is 0. The van der Waals surface area contributed by atoms with Crippen LogP contribution in [0.25, 0.3) is 6.08 Å². The normalized spacial score (nSPS) is 18.4. The van der Waals surface area contributed by atoms with Crippen molar-refractivity contribution in [1.82, 2.24) is 9.80 Å². The maximum atomic E-state index is 12.8. The van der Waals surface area contributed by atoms with E-state index in [-0.39, 0.29) is 17.4 Å². The molecule has 9 heteroatoms. The van der Waals surface area contributed by atoms with Crippen LogP contribution in [0.15, 0.2) is 17.0 Å². The van der Waals surface area contributed by atoms with Gasteiger partial charge in [0.1, 0.15) is 6.54 Å². The number of benzene rings is 1. The van der Waals surface area contributed by atoms with E-state index in [0.717, 1.165) is 35.9 Å². The van der Waals surface area contributed by atoms with Crippen LogP contribution in [0.4, 0.5) is 4.79 Å². The number of piperidine rings is 1. The first-order chi connectivity index (χ1) is 14.0. The number of thioether (sulfide) groups is 1. The van der Waals surface area contributed by atoms with Crippen LogP contribution >= 0.6 is 11.8 Å². The Labute approximate surface area is 173 Å². The molecule has 0 aliphatic carbocycles. The summed E-state index contributed by atoms with van der Waals surface area (Å²) in [7, 11) is 4.49. The van der Waals surface area contributed by atoms with Crippen molar-refractivity contribution >= 4 is 34.9 Å². The highest BCUT2D eigenvalue weighted by molar-refractivity contribution is 8.18. The zero-order chi connectivity index (χ0) is 21.0. The fourth-order valence-electron chi connectivity index (χ4n) is 3.39. The molecule has 0 bridgehead atoms. The summed E-state index contributed by atoms with van der Waals surface area (Å²) in [5.74, 6) is 0.590. The summed E-state index contributed by atoms with van der Waals surface area (Å²) in [5, 5.41) is -0.453. The van der Waals surface area contributed by atoms with Gasteiger partial charge in [0.25, 0.3) is 11.1 Å². The molecule has 2 aliphatic rings. The third-order valence-corrected chi connectivity index (χ3v) is 5.80. The molecule has 3 amide bonds. The van der Waals surface area contributed by atoms with Crippen molar-refractivity contribution in [2.45, 2.75) is 19.3 Å². The second kappa shape index (κ2) is 9.21. The Hall–Kier alpha value is -2.68. The quantitative estimate of drug-likeness (QED) is 0.654. The molecule has 0 unspecified atom stereocenters. The van der Waals surface area contributed by atoms with Crippen LogP contribution in [0.3, 0.4) is 0 Å². The average molecular weight is 420 g/mol. The van der Waals surface area contributed by atoms with Gasteiger partial charge in [-0.1, -0.05) is 0 Å². The number of likely N-dealkylation sites (tertiary alicyclic amines) is 1. The molecule has 1 aromatic carbocycles. The van der Waals surface area contributed by atoms with Crippen LogP contribution in [-0.4, -0.2) is 67.8 Å². The highest BCUT2D eigenvalue weighted by Crippen LogP contribution is 2.42. The molecule has 0 aromatic heterocycles. The van der Waals surface area contributed by atoms with Crippen molar-refractivity contribution < 1.29 is 28.6 Å². The summed E-state index contributed by atoms with van der Waals surface area (Å²) >= 11 is 0.808. The largest absolute Gasteiger partial charge is 0.493 e. The predicted octanol–water partition coefficient (Wildman–Crippen LogP) is 2.76. The lowest BCUT2D eigenvalue weighted by atomic mass is 10.1. The van der Waals surface area contributed by atoms with Crippen molar-refractivity contribution in [3.63, 3.8) is 0 Å². The van der Waals surface area contributed by atoms with Crippen molar-refractivity contribution in [3.8, 4) is 17.2 Å². The van der Waals surface area contributed by atoms with Crippen molar-refractivity contribution in [3.05, 3.63) is 22.6 Å². The highest BCUT2D eigenvalue weighted by atomic mass is 32.2. The van der Waals surface area contributed by atoms with Gasteiger partial charge >= 0.3 is 0 Å². The first-order valence-electron chi connectivity index (χ1n) is 9.32. The number of ether oxygens (including phenoxy) is 3. The van der Waals surface area contributed by atoms with E-state index in [1.54, 1.807) is 23.1 Å². The fraction of sp³-hybridized carbons (Fsp3) is 0.450. The topological polar surface area (TPSA) is 85.4 Å². The van der Waals surface area contributed by atoms with Gasteiger partial charge in [-0.05, 0) is 49.2 Å². The van der Waals surface area contributed by atoms with Gasteiger partial charge in [0, 0.05) is 18.7 Å². The van der Waals surface area contributed by atoms with Crippen LogP contribution in [-0.2, 0) is 9.59 Å². The maximum absolute atomic E-state index is 12.8. The standard InChI is InChI=1S/C20H24N2O6S/c1-26-14-8-7-13(17(27-2)18(14)28-3)11-15-19(24)22(20(25)29-15)12-16(23)21-9-5-4-6-10-21/h7-8,11H,4-6,9-10,12H2,1-3H3/b15-11-. The zero-order valence-electron chi connectivity index (χ0n) is 16.7. The summed E-state index contributed by atoms with van der Waals surface area (Å²) in [6.45, 7) is 1.12. The van der Waals surface area contributed by atoms with E-state index in [2.05, 4.69) is 0 Å². The summed E-state index contributed by atoms with van der Waals surface area (Å²) in [6.07, 6.45) is 4.57. The number of nitrogens with zero attached hydrogens (tertiary/aromatic N) is 2. The average Bonchev–Trinajstić information content (AvgIpc) is 3.01. The van der Waals surface area contributed by atoms with Gasteiger partial charge in [-0.3, -0.25) is 19.3 Å². The summed E-state index contributed by atoms with van der Waals surface area (Å²) in [4.78, 5) is 40.5. The monoisotopic (exact) mass is 420 g/mol. The van der Waals surface area contributed by atoms with E-state index in [1.807, 2.05) is 0 Å². The molecule has 2 heterocycles. The first-order valence-corrected chi connectivity index (χ1v) is 10.1. The second-order valence-corrected chi connectivity index (χ2v) is 7.63. The molecule has 0 N–H and O–H groups in total. The van der Waals surface area contributed by atoms with Gasteiger partial charge < -0.3 is 19.1 Å². The lowest BCUT2D eigenvalue weighted by Gasteiger charge is -2.27. The molecule has 3 rings (SSSR count). The van der Waals surface area contributed by atoms with E-state index in [1.165, 1.54) is 21.3 Å². The minimum absolute atomic E-state index is 0.197. The molecule has 29 heavy (non-hydrogen) atoms. The minimum atomic E-state index is -0.484. The van der Waals surface area contributed by atoms with Crippen molar-refractivity contribution in [1.29, 1.82) is 0 Å². The number of carbonyl (C=O) groups excluding carboxylic acids is 3. The Kier molecular flexibility index (Phi) is 6.68. The highest BCUT2D eigenvalue weighted by Gasteiger charge is 2.37. The van der Waals surface area contributed by atoms with E-state index in [0.29, 0.717) is 35.9 Å². The van der Waals surface area contributed by atoms with Gasteiger partial charge in [-0.25, -0.2) is 0 Å². The summed E-state index contributed by atoms with van der Waals surface area (Å²) in [5.41, 5.74) is 0.568. The van der Waals surface area contributed by atoms with Crippen LogP contribution in [0.1, 0.15) is 24.8 Å². The number of carbonyl (C=O) groups is 3. The smallest absolute Gasteiger partial charge is 0.294 e. The lowest BCUT2D eigenvalue weighted by molar-refractivity contribution is -0.136. The van der Waals surface area contributed by atoms with Gasteiger partial charge in [-0.2, -0.15) is 0 Å². The fourth-order valence-corrected chi connectivity index (χ4v) is 4.22. The SMILES string of the molecule is COc1ccc(/C=C2\SC(=O)N(CC(=O)N3CCCCC3)C2=O)c(OC)c1OC. The Balaban J connectivity index is 1.82. The molecule has 0 radical (unpaired) electrons. The minimum Gasteiger partial charge on any atom is -0.493 e. The molecule has 1 aromatic rings. The molecule has 2 aliphatic heterocycles. The van der Waals surface area contributed by atoms with Gasteiger partial charge in [-0.15, -0.1) is 0 Å². The van der Waals surface area contributed by atoms with Gasteiger partial charge in [0.2, 0.25) is 11.7 Å². The van der Waals surface area contributed by atoms with Crippen LogP contribution in [0.2, 0.25) is 0 Å². The zero-order valence-corrected chi connectivity index (χ0v) is 17.5. The number of rotatable bonds is 6. The third-order valence-electron chi connectivity index (χ3n) is 4.90. The molecule has 0 saturated carbocycles. The molecule has 2 saturated heterocycles. The third kappa shape index (κ3) is 4.34. The van der Waals surface area contributed by atoms with Crippen LogP contribution in [0, 0.1) is 0 Å². The Morgan fingerprint density at radius 1 is 1.03 bits per heavy atom. The molecule has 0 spiro atoms. The molecular formula is C20H24N2O6S. The molecular weight excluding hydrogens is 396 g/mol. The van der Waals surface area contributed by atoms with Crippen molar-refractivity contribution in [2.24, 2.45) is 0 Å². The van der Waals surface area contributed by atoms with E-state index in [4.69, 9.17) is 14.2 Å². The van der Waals surface area contributed by atoms with E-state index >= 15 is 0 Å². The number of hydrogen-bond acceptors (Lipinski definition) is 7. The Morgan fingerprint density at radius 3 is 2.34 bits per heavy atom. The second-order valence-electron chi connectivity index (χ2n) is 6.63. The number of methoxy groups -OCH3 is 3. The molecule has 8 nitrogen and oxygen atoms in total. The molecule has 156 valence electrons. The Morgan fingerprint density at radius 2 is 1.72 bits per heavy atom. The van der Waals surface area contributed by atoms with E-state index in [9.17, 15) is 14.4 Å². The predicted molar refractivity (Wildman–Crippen MR) is 109 cm³/mol. The molecule has 2 fully saturated rings. The lowest BCUT2D eigenvalue weighted by Crippen LogP contribution is -2.44. The van der Waals surface area contributed by atoms with Crippen LogP contribution < -0.4 is 14.2 Å². The van der Waals surface area contributed by atoms with Crippen molar-refractivity contribution in [2.75, 3.05) is 41.0 Å².